The second-order valence-electron chi connectivity index (χ2n) is 8.72. The van der Waals surface area contributed by atoms with E-state index in [-0.39, 0.29) is 17.9 Å². The van der Waals surface area contributed by atoms with E-state index in [1.165, 1.54) is 18.2 Å². The predicted molar refractivity (Wildman–Crippen MR) is 143 cm³/mol. The Labute approximate surface area is 224 Å². The van der Waals surface area contributed by atoms with Gasteiger partial charge in [-0.3, -0.25) is 9.59 Å². The number of amides is 4. The molecule has 0 atom stereocenters. The summed E-state index contributed by atoms with van der Waals surface area (Å²) in [6.07, 6.45) is 1.50. The largest absolute Gasteiger partial charge is 0.490 e. The molecule has 10 nitrogen and oxygen atoms in total. The van der Waals surface area contributed by atoms with Gasteiger partial charge in [0.05, 0.1) is 12.2 Å². The molecule has 1 aliphatic rings. The Bertz CT molecular complexity index is 1430. The molecule has 3 N–H and O–H groups in total. The molecule has 1 aliphatic heterocycles. The Kier molecular flexibility index (Phi) is 8.25. The van der Waals surface area contributed by atoms with Gasteiger partial charge in [-0.1, -0.05) is 35.9 Å². The monoisotopic (exact) mass is 529 g/mol. The molecule has 0 saturated carbocycles. The van der Waals surface area contributed by atoms with Crippen LogP contribution < -0.4 is 20.1 Å². The van der Waals surface area contributed by atoms with Crippen LogP contribution in [0.3, 0.4) is 0 Å². The number of aromatic carboxylic acids is 1. The number of carbonyl (C=O) groups excluding carboxylic acids is 3. The van der Waals surface area contributed by atoms with Crippen LogP contribution in [-0.4, -0.2) is 47.0 Å². The zero-order valence-electron chi connectivity index (χ0n) is 21.4. The van der Waals surface area contributed by atoms with E-state index in [1.54, 1.807) is 42.5 Å². The van der Waals surface area contributed by atoms with E-state index in [1.807, 2.05) is 26.0 Å². The van der Waals surface area contributed by atoms with Crippen LogP contribution in [-0.2, 0) is 16.2 Å². The van der Waals surface area contributed by atoms with Gasteiger partial charge in [0.1, 0.15) is 18.8 Å². The molecule has 0 aromatic heterocycles. The zero-order chi connectivity index (χ0) is 27.9. The number of nitrogens with zero attached hydrogens (tertiary/aromatic N) is 1. The number of benzene rings is 3. The molecule has 39 heavy (non-hydrogen) atoms. The summed E-state index contributed by atoms with van der Waals surface area (Å²) in [4.78, 5) is 49.6. The molecule has 10 heteroatoms. The molecule has 0 spiro atoms. The van der Waals surface area contributed by atoms with Crippen molar-refractivity contribution < 1.29 is 33.8 Å². The van der Waals surface area contributed by atoms with Crippen LogP contribution in [0.1, 0.15) is 34.0 Å². The Morgan fingerprint density at radius 1 is 0.974 bits per heavy atom. The molecule has 4 amide bonds. The summed E-state index contributed by atoms with van der Waals surface area (Å²) >= 11 is 0. The predicted octanol–water partition coefficient (Wildman–Crippen LogP) is 4.20. The van der Waals surface area contributed by atoms with Crippen LogP contribution in [0.5, 0.6) is 11.5 Å². The molecule has 3 aromatic rings. The lowest BCUT2D eigenvalue weighted by Crippen LogP contribution is -2.38. The van der Waals surface area contributed by atoms with E-state index < -0.39 is 30.4 Å². The third kappa shape index (κ3) is 6.80. The fourth-order valence-electron chi connectivity index (χ4n) is 3.77. The first kappa shape index (κ1) is 26.9. The number of urea groups is 1. The van der Waals surface area contributed by atoms with Gasteiger partial charge in [0.2, 0.25) is 5.91 Å². The minimum Gasteiger partial charge on any atom is -0.490 e. The van der Waals surface area contributed by atoms with E-state index in [2.05, 4.69) is 10.6 Å². The van der Waals surface area contributed by atoms with Crippen molar-refractivity contribution >= 4 is 35.6 Å². The number of hydrogen-bond donors (Lipinski definition) is 3. The standard InChI is InChI=1S/C29H27N3O7/c1-3-38-25-15-20(8-13-24(25)39-17-19-6-9-21(10-7-19)28(35)36)14-23-27(34)32(29(37)31-23)16-26(33)30-22-11-4-18(2)5-12-22/h4-15H,3,16-17H2,1-2H3,(H,30,33)(H,31,37)(H,35,36)/b23-14+. The third-order valence-electron chi connectivity index (χ3n) is 5.77. The number of imide groups is 1. The van der Waals surface area contributed by atoms with Crippen molar-refractivity contribution in [1.82, 2.24) is 10.2 Å². The quantitative estimate of drug-likeness (QED) is 0.265. The summed E-state index contributed by atoms with van der Waals surface area (Å²) in [5, 5.41) is 14.2. The lowest BCUT2D eigenvalue weighted by Gasteiger charge is -2.13. The molecule has 0 radical (unpaired) electrons. The number of carboxylic acids is 1. The average molecular weight is 530 g/mol. The summed E-state index contributed by atoms with van der Waals surface area (Å²) < 4.78 is 11.6. The lowest BCUT2D eigenvalue weighted by atomic mass is 10.1. The first-order valence-electron chi connectivity index (χ1n) is 12.2. The fourth-order valence-corrected chi connectivity index (χ4v) is 3.77. The van der Waals surface area contributed by atoms with Crippen molar-refractivity contribution in [3.63, 3.8) is 0 Å². The molecule has 1 fully saturated rings. The van der Waals surface area contributed by atoms with Gasteiger partial charge in [-0.05, 0) is 67.4 Å². The van der Waals surface area contributed by atoms with Crippen molar-refractivity contribution in [2.24, 2.45) is 0 Å². The van der Waals surface area contributed by atoms with Crippen LogP contribution >= 0.6 is 0 Å². The molecule has 1 heterocycles. The Morgan fingerprint density at radius 2 is 1.69 bits per heavy atom. The molecular formula is C29H27N3O7. The van der Waals surface area contributed by atoms with E-state index in [4.69, 9.17) is 14.6 Å². The number of aryl methyl sites for hydroxylation is 1. The van der Waals surface area contributed by atoms with Gasteiger partial charge in [-0.2, -0.15) is 0 Å². The zero-order valence-corrected chi connectivity index (χ0v) is 21.4. The van der Waals surface area contributed by atoms with Crippen LogP contribution in [0, 0.1) is 6.92 Å². The van der Waals surface area contributed by atoms with Gasteiger partial charge in [-0.25, -0.2) is 14.5 Å². The van der Waals surface area contributed by atoms with E-state index in [0.717, 1.165) is 16.0 Å². The van der Waals surface area contributed by atoms with Crippen molar-refractivity contribution in [3.8, 4) is 11.5 Å². The Morgan fingerprint density at radius 3 is 2.36 bits per heavy atom. The first-order valence-corrected chi connectivity index (χ1v) is 12.2. The van der Waals surface area contributed by atoms with Crippen molar-refractivity contribution in [2.45, 2.75) is 20.5 Å². The van der Waals surface area contributed by atoms with E-state index in [9.17, 15) is 19.2 Å². The summed E-state index contributed by atoms with van der Waals surface area (Å²) in [5.41, 5.74) is 3.17. The second kappa shape index (κ2) is 12.0. The highest BCUT2D eigenvalue weighted by Gasteiger charge is 2.35. The summed E-state index contributed by atoms with van der Waals surface area (Å²) in [7, 11) is 0. The molecule has 4 rings (SSSR count). The van der Waals surface area contributed by atoms with E-state index in [0.29, 0.717) is 29.4 Å². The number of anilines is 1. The van der Waals surface area contributed by atoms with Crippen LogP contribution in [0.2, 0.25) is 0 Å². The van der Waals surface area contributed by atoms with Crippen LogP contribution in [0.15, 0.2) is 72.4 Å². The minimum absolute atomic E-state index is 0.0257. The normalized spacial score (nSPS) is 13.8. The highest BCUT2D eigenvalue weighted by molar-refractivity contribution is 6.16. The molecular weight excluding hydrogens is 502 g/mol. The van der Waals surface area contributed by atoms with Crippen molar-refractivity contribution in [1.29, 1.82) is 0 Å². The first-order chi connectivity index (χ1) is 18.7. The maximum Gasteiger partial charge on any atom is 0.335 e. The molecule has 0 unspecified atom stereocenters. The second-order valence-corrected chi connectivity index (χ2v) is 8.72. The van der Waals surface area contributed by atoms with Gasteiger partial charge >= 0.3 is 12.0 Å². The highest BCUT2D eigenvalue weighted by Crippen LogP contribution is 2.30. The average Bonchev–Trinajstić information content (AvgIpc) is 3.17. The Hall–Kier alpha value is -5.12. The molecule has 1 saturated heterocycles. The third-order valence-corrected chi connectivity index (χ3v) is 5.77. The SMILES string of the molecule is CCOc1cc(/C=C2/NC(=O)N(CC(=O)Nc3ccc(C)cc3)C2=O)ccc1OCc1ccc(C(=O)O)cc1. The summed E-state index contributed by atoms with van der Waals surface area (Å²) in [6.45, 7) is 3.87. The number of carboxylic acid groups (broad SMARTS) is 1. The fraction of sp³-hybridized carbons (Fsp3) is 0.172. The molecule has 3 aromatic carbocycles. The highest BCUT2D eigenvalue weighted by atomic mass is 16.5. The van der Waals surface area contributed by atoms with Gasteiger partial charge in [0, 0.05) is 5.69 Å². The number of ether oxygens (including phenoxy) is 2. The number of rotatable bonds is 10. The number of hydrogen-bond acceptors (Lipinski definition) is 6. The topological polar surface area (TPSA) is 134 Å². The summed E-state index contributed by atoms with van der Waals surface area (Å²) in [6, 6.07) is 17.9. The minimum atomic E-state index is -1.00. The van der Waals surface area contributed by atoms with Crippen LogP contribution in [0.4, 0.5) is 10.5 Å². The van der Waals surface area contributed by atoms with Gasteiger partial charge in [0.15, 0.2) is 11.5 Å². The maximum atomic E-state index is 12.9. The number of nitrogens with one attached hydrogen (secondary N) is 2. The smallest absolute Gasteiger partial charge is 0.335 e. The van der Waals surface area contributed by atoms with Gasteiger partial charge in [0.25, 0.3) is 5.91 Å². The van der Waals surface area contributed by atoms with Crippen LogP contribution in [0.25, 0.3) is 6.08 Å². The van der Waals surface area contributed by atoms with E-state index >= 15 is 0 Å². The number of carbonyl (C=O) groups is 4. The molecule has 200 valence electrons. The maximum absolute atomic E-state index is 12.9. The van der Waals surface area contributed by atoms with Crippen molar-refractivity contribution in [3.05, 3.63) is 94.7 Å². The Balaban J connectivity index is 1.43. The molecule has 0 bridgehead atoms. The lowest BCUT2D eigenvalue weighted by molar-refractivity contribution is -0.127. The van der Waals surface area contributed by atoms with Gasteiger partial charge in [-0.15, -0.1) is 0 Å². The molecule has 0 aliphatic carbocycles. The van der Waals surface area contributed by atoms with Crippen molar-refractivity contribution in [2.75, 3.05) is 18.5 Å². The summed E-state index contributed by atoms with van der Waals surface area (Å²) in [5.74, 6) is -1.24. The van der Waals surface area contributed by atoms with Gasteiger partial charge < -0.3 is 25.2 Å².